The third-order valence-corrected chi connectivity index (χ3v) is 7.09. The number of hydrogen-bond donors (Lipinski definition) is 1. The van der Waals surface area contributed by atoms with Crippen molar-refractivity contribution in [3.63, 3.8) is 0 Å². The number of aliphatic imine (C=N–C) groups is 1. The zero-order valence-corrected chi connectivity index (χ0v) is 19.5. The summed E-state index contributed by atoms with van der Waals surface area (Å²) in [6, 6.07) is 11.1. The number of hydrogen-bond acceptors (Lipinski definition) is 5. The average molecular weight is 470 g/mol. The van der Waals surface area contributed by atoms with Crippen molar-refractivity contribution >= 4 is 15.7 Å². The van der Waals surface area contributed by atoms with Crippen LogP contribution in [0.4, 0.5) is 4.39 Å². The van der Waals surface area contributed by atoms with Crippen LogP contribution in [0.15, 0.2) is 58.4 Å². The maximum absolute atomic E-state index is 14.1. The van der Waals surface area contributed by atoms with E-state index in [9.17, 15) is 17.6 Å². The fourth-order valence-electron chi connectivity index (χ4n) is 3.99. The molecule has 1 atom stereocenters. The lowest BCUT2D eigenvalue weighted by atomic mass is 9.91. The molecule has 1 aliphatic heterocycles. The standard InChI is InChI=1S/C24H24FN3O4S/c1-14-18-11-23(29)28(3)12-20(18)19-9-15(13-33(30,31)26-2)5-7-17(19)24(27-14)16-6-8-21(25)22(10-16)32-4/h5-12,14,26H,13H2,1-4H3/t14-/m0/s1. The Morgan fingerprint density at radius 2 is 1.88 bits per heavy atom. The lowest BCUT2D eigenvalue weighted by Gasteiger charge is -2.15. The number of ether oxygens (including phenoxy) is 1. The maximum atomic E-state index is 14.1. The molecule has 0 saturated heterocycles. The summed E-state index contributed by atoms with van der Waals surface area (Å²) in [5.74, 6) is -0.580. The fraction of sp³-hybridized carbons (Fsp3) is 0.250. The van der Waals surface area contributed by atoms with Gasteiger partial charge in [-0.3, -0.25) is 9.79 Å². The highest BCUT2D eigenvalue weighted by molar-refractivity contribution is 7.88. The van der Waals surface area contributed by atoms with Gasteiger partial charge < -0.3 is 9.30 Å². The van der Waals surface area contributed by atoms with Crippen molar-refractivity contribution in [2.24, 2.45) is 12.0 Å². The van der Waals surface area contributed by atoms with E-state index < -0.39 is 15.8 Å². The largest absolute Gasteiger partial charge is 0.494 e. The van der Waals surface area contributed by atoms with Crippen molar-refractivity contribution in [1.82, 2.24) is 9.29 Å². The number of benzene rings is 2. The van der Waals surface area contributed by atoms with E-state index in [4.69, 9.17) is 9.73 Å². The molecule has 2 heterocycles. The van der Waals surface area contributed by atoms with Crippen LogP contribution >= 0.6 is 0 Å². The molecule has 0 radical (unpaired) electrons. The van der Waals surface area contributed by atoms with E-state index in [-0.39, 0.29) is 23.1 Å². The average Bonchev–Trinajstić information content (AvgIpc) is 2.89. The molecule has 2 aromatic carbocycles. The van der Waals surface area contributed by atoms with Gasteiger partial charge in [-0.15, -0.1) is 0 Å². The van der Waals surface area contributed by atoms with Gasteiger partial charge in [0.25, 0.3) is 5.56 Å². The zero-order valence-electron chi connectivity index (χ0n) is 18.7. The van der Waals surface area contributed by atoms with Gasteiger partial charge >= 0.3 is 0 Å². The molecule has 0 amide bonds. The Balaban J connectivity index is 2.00. The highest BCUT2D eigenvalue weighted by Gasteiger charge is 2.25. The SMILES string of the molecule is CNS(=O)(=O)Cc1ccc2c(c1)-c1cn(C)c(=O)cc1[C@H](C)N=C2c1ccc(F)c(OC)c1. The molecule has 0 bridgehead atoms. The molecule has 0 unspecified atom stereocenters. The molecule has 0 aliphatic carbocycles. The van der Waals surface area contributed by atoms with Crippen molar-refractivity contribution in [3.8, 4) is 16.9 Å². The molecule has 9 heteroatoms. The van der Waals surface area contributed by atoms with Gasteiger partial charge in [-0.1, -0.05) is 12.1 Å². The molecule has 172 valence electrons. The van der Waals surface area contributed by atoms with Gasteiger partial charge in [0.2, 0.25) is 10.0 Å². The number of fused-ring (bicyclic) bond motifs is 3. The number of aromatic nitrogens is 1. The van der Waals surface area contributed by atoms with Crippen molar-refractivity contribution in [2.45, 2.75) is 18.7 Å². The molecule has 3 aromatic rings. The second kappa shape index (κ2) is 8.57. The van der Waals surface area contributed by atoms with Crippen LogP contribution in [-0.4, -0.2) is 32.9 Å². The lowest BCUT2D eigenvalue weighted by Crippen LogP contribution is -2.20. The Labute approximate surface area is 191 Å². The van der Waals surface area contributed by atoms with Crippen LogP contribution in [0.2, 0.25) is 0 Å². The normalized spacial score (nSPS) is 15.3. The molecule has 0 spiro atoms. The van der Waals surface area contributed by atoms with Crippen LogP contribution in [0.3, 0.4) is 0 Å². The summed E-state index contributed by atoms with van der Waals surface area (Å²) in [6.45, 7) is 1.89. The molecule has 7 nitrogen and oxygen atoms in total. The van der Waals surface area contributed by atoms with Gasteiger partial charge in [0, 0.05) is 36.0 Å². The highest BCUT2D eigenvalue weighted by atomic mass is 32.2. The molecule has 1 N–H and O–H groups in total. The number of sulfonamides is 1. The number of aryl methyl sites for hydroxylation is 1. The third kappa shape index (κ3) is 4.34. The van der Waals surface area contributed by atoms with Crippen LogP contribution < -0.4 is 15.0 Å². The fourth-order valence-corrected chi connectivity index (χ4v) is 4.75. The minimum absolute atomic E-state index is 0.0937. The minimum Gasteiger partial charge on any atom is -0.494 e. The van der Waals surface area contributed by atoms with Crippen molar-refractivity contribution in [1.29, 1.82) is 0 Å². The Morgan fingerprint density at radius 3 is 2.58 bits per heavy atom. The predicted molar refractivity (Wildman–Crippen MR) is 126 cm³/mol. The first-order valence-corrected chi connectivity index (χ1v) is 12.0. The van der Waals surface area contributed by atoms with Gasteiger partial charge in [-0.05, 0) is 54.9 Å². The summed E-state index contributed by atoms with van der Waals surface area (Å²) >= 11 is 0. The molecule has 4 rings (SSSR count). The Hall–Kier alpha value is -3.30. The number of rotatable bonds is 5. The van der Waals surface area contributed by atoms with Crippen LogP contribution in [0.25, 0.3) is 11.1 Å². The van der Waals surface area contributed by atoms with E-state index in [0.29, 0.717) is 16.8 Å². The van der Waals surface area contributed by atoms with Crippen molar-refractivity contribution < 1.29 is 17.5 Å². The van der Waals surface area contributed by atoms with Crippen LogP contribution in [0.5, 0.6) is 5.75 Å². The topological polar surface area (TPSA) is 89.8 Å². The molecule has 1 aromatic heterocycles. The van der Waals surface area contributed by atoms with E-state index in [1.54, 1.807) is 37.5 Å². The summed E-state index contributed by atoms with van der Waals surface area (Å²) in [6.07, 6.45) is 1.74. The zero-order chi connectivity index (χ0) is 23.9. The second-order valence-corrected chi connectivity index (χ2v) is 9.86. The molecule has 0 saturated carbocycles. The van der Waals surface area contributed by atoms with E-state index >= 15 is 0 Å². The summed E-state index contributed by atoms with van der Waals surface area (Å²) in [7, 11) is 0.952. The van der Waals surface area contributed by atoms with Crippen molar-refractivity contribution in [2.75, 3.05) is 14.2 Å². The first kappa shape index (κ1) is 22.9. The van der Waals surface area contributed by atoms with Crippen molar-refractivity contribution in [3.05, 3.63) is 87.1 Å². The molecule has 1 aliphatic rings. The smallest absolute Gasteiger partial charge is 0.250 e. The summed E-state index contributed by atoms with van der Waals surface area (Å²) in [5, 5.41) is 0. The van der Waals surface area contributed by atoms with Gasteiger partial charge in [-0.2, -0.15) is 0 Å². The monoisotopic (exact) mass is 469 g/mol. The van der Waals surface area contributed by atoms with Crippen LogP contribution in [-0.2, 0) is 22.8 Å². The molecular weight excluding hydrogens is 445 g/mol. The Kier molecular flexibility index (Phi) is 5.94. The number of methoxy groups -OCH3 is 1. The molecule has 0 fully saturated rings. The third-order valence-electron chi connectivity index (χ3n) is 5.75. The van der Waals surface area contributed by atoms with Gasteiger partial charge in [0.05, 0.1) is 24.6 Å². The Bertz CT molecular complexity index is 1440. The summed E-state index contributed by atoms with van der Waals surface area (Å²) < 4.78 is 47.4. The Morgan fingerprint density at radius 1 is 1.12 bits per heavy atom. The highest BCUT2D eigenvalue weighted by Crippen LogP contribution is 2.38. The quantitative estimate of drug-likeness (QED) is 0.622. The number of nitrogens with one attached hydrogen (secondary N) is 1. The van der Waals surface area contributed by atoms with E-state index in [1.807, 2.05) is 19.1 Å². The van der Waals surface area contributed by atoms with E-state index in [1.165, 1.54) is 24.8 Å². The number of pyridine rings is 1. The second-order valence-electron chi connectivity index (χ2n) is 7.94. The van der Waals surface area contributed by atoms with Crippen LogP contribution in [0, 0.1) is 5.82 Å². The van der Waals surface area contributed by atoms with E-state index in [2.05, 4.69) is 4.72 Å². The van der Waals surface area contributed by atoms with Crippen LogP contribution in [0.1, 0.15) is 35.2 Å². The predicted octanol–water partition coefficient (Wildman–Crippen LogP) is 3.16. The molecule has 33 heavy (non-hydrogen) atoms. The molecular formula is C24H24FN3O4S. The number of nitrogens with zero attached hydrogens (tertiary/aromatic N) is 2. The lowest BCUT2D eigenvalue weighted by molar-refractivity contribution is 0.386. The first-order valence-electron chi connectivity index (χ1n) is 10.3. The van der Waals surface area contributed by atoms with E-state index in [0.717, 1.165) is 22.3 Å². The van der Waals surface area contributed by atoms with Gasteiger partial charge in [0.15, 0.2) is 11.6 Å². The van der Waals surface area contributed by atoms with Gasteiger partial charge in [-0.25, -0.2) is 17.5 Å². The minimum atomic E-state index is -3.48. The van der Waals surface area contributed by atoms with Gasteiger partial charge in [0.1, 0.15) is 0 Å². The summed E-state index contributed by atoms with van der Waals surface area (Å²) in [5.41, 5.74) is 4.69. The maximum Gasteiger partial charge on any atom is 0.250 e. The summed E-state index contributed by atoms with van der Waals surface area (Å²) in [4.78, 5) is 17.3. The first-order chi connectivity index (χ1) is 15.6. The number of halogens is 1.